The van der Waals surface area contributed by atoms with E-state index in [1.54, 1.807) is 25.6 Å². The van der Waals surface area contributed by atoms with Gasteiger partial charge in [0.2, 0.25) is 0 Å². The molecule has 0 saturated carbocycles. The summed E-state index contributed by atoms with van der Waals surface area (Å²) >= 11 is 11.7. The Morgan fingerprint density at radius 2 is 2.10 bits per heavy atom. The van der Waals surface area contributed by atoms with Crippen molar-refractivity contribution in [3.05, 3.63) is 52.0 Å². The van der Waals surface area contributed by atoms with Crippen LogP contribution in [-0.4, -0.2) is 32.9 Å². The van der Waals surface area contributed by atoms with Gasteiger partial charge in [-0.25, -0.2) is 0 Å². The van der Waals surface area contributed by atoms with Crippen LogP contribution in [0.2, 0.25) is 10.0 Å². The van der Waals surface area contributed by atoms with Crippen molar-refractivity contribution in [2.45, 2.75) is 6.54 Å². The van der Waals surface area contributed by atoms with Crippen LogP contribution in [0.15, 0.2) is 30.7 Å². The molecule has 2 aromatic rings. The Hall–Kier alpha value is -1.85. The molecule has 20 heavy (non-hydrogen) atoms. The van der Waals surface area contributed by atoms with Crippen LogP contribution < -0.4 is 0 Å². The maximum absolute atomic E-state index is 12.3. The van der Waals surface area contributed by atoms with Crippen LogP contribution in [0, 0.1) is 0 Å². The van der Waals surface area contributed by atoms with Gasteiger partial charge in [0.05, 0.1) is 29.0 Å². The highest BCUT2D eigenvalue weighted by molar-refractivity contribution is 6.37. The zero-order valence-corrected chi connectivity index (χ0v) is 12.1. The molecule has 0 spiro atoms. The Balaban J connectivity index is 2.23. The fourth-order valence-electron chi connectivity index (χ4n) is 1.69. The molecule has 0 bridgehead atoms. The van der Waals surface area contributed by atoms with Crippen molar-refractivity contribution in [2.75, 3.05) is 7.05 Å². The zero-order valence-electron chi connectivity index (χ0n) is 10.5. The summed E-state index contributed by atoms with van der Waals surface area (Å²) in [6.07, 6.45) is 4.65. The molecule has 0 saturated heterocycles. The normalized spacial score (nSPS) is 10.3. The monoisotopic (exact) mass is 311 g/mol. The van der Waals surface area contributed by atoms with Gasteiger partial charge >= 0.3 is 0 Å². The summed E-state index contributed by atoms with van der Waals surface area (Å²) in [5, 5.41) is 10.2. The van der Waals surface area contributed by atoms with Crippen LogP contribution in [0.25, 0.3) is 0 Å². The number of hydrogen-bond acceptors (Lipinski definition) is 4. The van der Waals surface area contributed by atoms with Crippen LogP contribution in [-0.2, 0) is 6.54 Å². The van der Waals surface area contributed by atoms with Gasteiger partial charge in [0, 0.05) is 24.5 Å². The van der Waals surface area contributed by atoms with Crippen molar-refractivity contribution in [1.29, 1.82) is 0 Å². The molecular formula is C13H11Cl2N3O2. The van der Waals surface area contributed by atoms with E-state index in [4.69, 9.17) is 23.2 Å². The predicted octanol–water partition coefficient (Wildman–Crippen LogP) is 2.76. The lowest BCUT2D eigenvalue weighted by molar-refractivity contribution is 0.0780. The minimum Gasteiger partial charge on any atom is -0.507 e. The van der Waals surface area contributed by atoms with Gasteiger partial charge in [-0.2, -0.15) is 0 Å². The summed E-state index contributed by atoms with van der Waals surface area (Å²) in [7, 11) is 1.58. The Labute approximate surface area is 125 Å². The van der Waals surface area contributed by atoms with E-state index in [0.29, 0.717) is 5.69 Å². The average molecular weight is 312 g/mol. The molecule has 0 aliphatic heterocycles. The van der Waals surface area contributed by atoms with Crippen molar-refractivity contribution in [3.63, 3.8) is 0 Å². The number of aromatic hydroxyl groups is 1. The minimum atomic E-state index is -0.421. The van der Waals surface area contributed by atoms with Crippen molar-refractivity contribution >= 4 is 29.1 Å². The summed E-state index contributed by atoms with van der Waals surface area (Å²) in [5.41, 5.74) is 0.649. The Morgan fingerprint density at radius 1 is 1.35 bits per heavy atom. The average Bonchev–Trinajstić information content (AvgIpc) is 2.38. The number of benzene rings is 1. The van der Waals surface area contributed by atoms with Gasteiger partial charge in [0.1, 0.15) is 5.75 Å². The smallest absolute Gasteiger partial charge is 0.259 e. The van der Waals surface area contributed by atoms with E-state index in [9.17, 15) is 9.90 Å². The standard InChI is InChI=1S/C13H11Cl2N3O2/c1-18(7-9-6-16-2-3-17-9)13(20)12-10(15)4-8(14)5-11(12)19/h2-6,19H,7H2,1H3. The number of nitrogens with zero attached hydrogens (tertiary/aromatic N) is 3. The van der Waals surface area contributed by atoms with Gasteiger partial charge in [-0.1, -0.05) is 23.2 Å². The number of carbonyl (C=O) groups excluding carboxylic acids is 1. The Bertz CT molecular complexity index is 612. The molecule has 1 amide bonds. The predicted molar refractivity (Wildman–Crippen MR) is 76.0 cm³/mol. The molecule has 2 rings (SSSR count). The van der Waals surface area contributed by atoms with Gasteiger partial charge in [-0.3, -0.25) is 14.8 Å². The van der Waals surface area contributed by atoms with Crippen molar-refractivity contribution in [2.24, 2.45) is 0 Å². The SMILES string of the molecule is CN(Cc1cnccn1)C(=O)c1c(O)cc(Cl)cc1Cl. The van der Waals surface area contributed by atoms with Gasteiger partial charge in [-0.05, 0) is 12.1 Å². The number of aromatic nitrogens is 2. The van der Waals surface area contributed by atoms with Gasteiger partial charge in [0.15, 0.2) is 0 Å². The summed E-state index contributed by atoms with van der Waals surface area (Å²) in [4.78, 5) is 21.7. The van der Waals surface area contributed by atoms with E-state index in [0.717, 1.165) is 0 Å². The van der Waals surface area contributed by atoms with E-state index < -0.39 is 5.91 Å². The van der Waals surface area contributed by atoms with Crippen LogP contribution in [0.4, 0.5) is 0 Å². The van der Waals surface area contributed by atoms with Crippen LogP contribution in [0.1, 0.15) is 16.1 Å². The molecule has 0 atom stereocenters. The van der Waals surface area contributed by atoms with Crippen molar-refractivity contribution in [1.82, 2.24) is 14.9 Å². The molecular weight excluding hydrogens is 301 g/mol. The molecule has 1 heterocycles. The summed E-state index contributed by atoms with van der Waals surface area (Å²) in [5.74, 6) is -0.673. The van der Waals surface area contributed by atoms with Gasteiger partial charge < -0.3 is 10.0 Å². The molecule has 104 valence electrons. The fraction of sp³-hybridized carbons (Fsp3) is 0.154. The molecule has 0 aliphatic rings. The second-order valence-electron chi connectivity index (χ2n) is 4.14. The molecule has 1 aromatic carbocycles. The van der Waals surface area contributed by atoms with E-state index in [-0.39, 0.29) is 27.9 Å². The van der Waals surface area contributed by atoms with E-state index in [1.807, 2.05) is 0 Å². The third kappa shape index (κ3) is 3.18. The molecule has 7 heteroatoms. The molecule has 0 aliphatic carbocycles. The largest absolute Gasteiger partial charge is 0.507 e. The van der Waals surface area contributed by atoms with Crippen LogP contribution >= 0.6 is 23.2 Å². The number of amides is 1. The number of phenols is 1. The topological polar surface area (TPSA) is 66.3 Å². The highest BCUT2D eigenvalue weighted by atomic mass is 35.5. The highest BCUT2D eigenvalue weighted by Gasteiger charge is 2.20. The fourth-order valence-corrected chi connectivity index (χ4v) is 2.25. The first-order chi connectivity index (χ1) is 9.49. The van der Waals surface area contributed by atoms with E-state index >= 15 is 0 Å². The minimum absolute atomic E-state index is 0.0162. The van der Waals surface area contributed by atoms with E-state index in [2.05, 4.69) is 9.97 Å². The maximum atomic E-state index is 12.3. The van der Waals surface area contributed by atoms with Crippen molar-refractivity contribution in [3.8, 4) is 5.75 Å². The lowest BCUT2D eigenvalue weighted by Gasteiger charge is -2.18. The van der Waals surface area contributed by atoms with Crippen LogP contribution in [0.3, 0.4) is 0 Å². The first-order valence-electron chi connectivity index (χ1n) is 5.67. The number of carbonyl (C=O) groups is 1. The summed E-state index contributed by atoms with van der Waals surface area (Å²) < 4.78 is 0. The third-order valence-corrected chi connectivity index (χ3v) is 3.13. The van der Waals surface area contributed by atoms with E-state index in [1.165, 1.54) is 17.0 Å². The molecule has 0 radical (unpaired) electrons. The summed E-state index contributed by atoms with van der Waals surface area (Å²) in [6.45, 7) is 0.255. The second kappa shape index (κ2) is 6.07. The summed E-state index contributed by atoms with van der Waals surface area (Å²) in [6, 6.07) is 2.68. The first kappa shape index (κ1) is 14.6. The number of rotatable bonds is 3. The van der Waals surface area contributed by atoms with Crippen molar-refractivity contribution < 1.29 is 9.90 Å². The molecule has 0 fully saturated rings. The number of halogens is 2. The molecule has 1 aromatic heterocycles. The Kier molecular flexibility index (Phi) is 4.42. The molecule has 0 unspecified atom stereocenters. The third-order valence-electron chi connectivity index (χ3n) is 2.61. The lowest BCUT2D eigenvalue weighted by atomic mass is 10.1. The number of hydrogen-bond donors (Lipinski definition) is 1. The zero-order chi connectivity index (χ0) is 14.7. The lowest BCUT2D eigenvalue weighted by Crippen LogP contribution is -2.27. The molecule has 5 nitrogen and oxygen atoms in total. The quantitative estimate of drug-likeness (QED) is 0.946. The molecule has 1 N–H and O–H groups in total. The van der Waals surface area contributed by atoms with Crippen LogP contribution in [0.5, 0.6) is 5.75 Å². The first-order valence-corrected chi connectivity index (χ1v) is 6.43. The van der Waals surface area contributed by atoms with Gasteiger partial charge in [0.25, 0.3) is 5.91 Å². The Morgan fingerprint density at radius 3 is 2.70 bits per heavy atom. The number of phenolic OH excluding ortho intramolecular Hbond substituents is 1. The van der Waals surface area contributed by atoms with Gasteiger partial charge in [-0.15, -0.1) is 0 Å². The second-order valence-corrected chi connectivity index (χ2v) is 4.98. The maximum Gasteiger partial charge on any atom is 0.259 e. The highest BCUT2D eigenvalue weighted by Crippen LogP contribution is 2.31.